The molecule has 1 aliphatic carbocycles. The summed E-state index contributed by atoms with van der Waals surface area (Å²) in [5.41, 5.74) is -0.0821. The van der Waals surface area contributed by atoms with Crippen LogP contribution in [0.5, 0.6) is 0 Å². The molecule has 1 aromatic heterocycles. The number of amides is 2. The normalized spacial score (nSPS) is 19.9. The Morgan fingerprint density at radius 3 is 2.80 bits per heavy atom. The van der Waals surface area contributed by atoms with E-state index < -0.39 is 0 Å². The van der Waals surface area contributed by atoms with Crippen molar-refractivity contribution in [2.24, 2.45) is 5.92 Å². The first-order chi connectivity index (χ1) is 9.72. The lowest BCUT2D eigenvalue weighted by molar-refractivity contribution is 0.105. The summed E-state index contributed by atoms with van der Waals surface area (Å²) in [4.78, 5) is 25.3. The van der Waals surface area contributed by atoms with Crippen molar-refractivity contribution in [3.8, 4) is 0 Å². The third-order valence-electron chi connectivity index (χ3n) is 4.14. The first-order valence-electron chi connectivity index (χ1n) is 7.30. The van der Waals surface area contributed by atoms with Crippen LogP contribution >= 0.6 is 0 Å². The lowest BCUT2D eigenvalue weighted by atomic mass is 10.0. The van der Waals surface area contributed by atoms with Gasteiger partial charge in [-0.05, 0) is 18.9 Å². The maximum absolute atomic E-state index is 12.0. The van der Waals surface area contributed by atoms with Gasteiger partial charge in [-0.1, -0.05) is 12.8 Å². The highest BCUT2D eigenvalue weighted by Gasteiger charge is 2.32. The molecule has 0 aromatic carbocycles. The predicted molar refractivity (Wildman–Crippen MR) is 74.3 cm³/mol. The van der Waals surface area contributed by atoms with Gasteiger partial charge >= 0.3 is 6.03 Å². The Labute approximate surface area is 117 Å². The van der Waals surface area contributed by atoms with Gasteiger partial charge in [0.15, 0.2) is 0 Å². The number of nitrogens with one attached hydrogen (secondary N) is 1. The Balaban J connectivity index is 1.45. The molecule has 108 valence electrons. The monoisotopic (exact) mass is 276 g/mol. The number of carbonyl (C=O) groups is 1. The molecule has 6 nitrogen and oxygen atoms in total. The molecule has 1 saturated carbocycles. The van der Waals surface area contributed by atoms with Crippen LogP contribution in [0.15, 0.2) is 23.1 Å². The van der Waals surface area contributed by atoms with Crippen LogP contribution in [0.25, 0.3) is 0 Å². The zero-order valence-electron chi connectivity index (χ0n) is 11.5. The van der Waals surface area contributed by atoms with Crippen LogP contribution in [0.1, 0.15) is 25.7 Å². The van der Waals surface area contributed by atoms with Crippen molar-refractivity contribution in [3.63, 3.8) is 0 Å². The number of rotatable bonds is 3. The van der Waals surface area contributed by atoms with Crippen molar-refractivity contribution in [2.75, 3.05) is 13.1 Å². The first-order valence-corrected chi connectivity index (χ1v) is 7.30. The van der Waals surface area contributed by atoms with Gasteiger partial charge in [-0.3, -0.25) is 4.79 Å². The van der Waals surface area contributed by atoms with E-state index in [0.29, 0.717) is 31.6 Å². The number of hydrogen-bond acceptors (Lipinski definition) is 3. The van der Waals surface area contributed by atoms with Crippen molar-refractivity contribution in [1.82, 2.24) is 20.0 Å². The zero-order valence-corrected chi connectivity index (χ0v) is 11.5. The van der Waals surface area contributed by atoms with Gasteiger partial charge in [0.1, 0.15) is 0 Å². The van der Waals surface area contributed by atoms with Gasteiger partial charge in [0.25, 0.3) is 5.56 Å². The van der Waals surface area contributed by atoms with Gasteiger partial charge in [-0.15, -0.1) is 0 Å². The predicted octanol–water partition coefficient (Wildman–Crippen LogP) is 0.827. The van der Waals surface area contributed by atoms with Gasteiger partial charge in [0.2, 0.25) is 0 Å². The molecule has 2 amide bonds. The van der Waals surface area contributed by atoms with Crippen molar-refractivity contribution in [1.29, 1.82) is 0 Å². The molecular weight excluding hydrogens is 256 g/mol. The van der Waals surface area contributed by atoms with E-state index in [2.05, 4.69) is 10.4 Å². The van der Waals surface area contributed by atoms with E-state index in [0.717, 1.165) is 12.8 Å². The molecule has 1 N–H and O–H groups in total. The molecule has 0 unspecified atom stereocenters. The molecule has 2 fully saturated rings. The zero-order chi connectivity index (χ0) is 13.9. The van der Waals surface area contributed by atoms with Gasteiger partial charge in [-0.25, -0.2) is 9.48 Å². The summed E-state index contributed by atoms with van der Waals surface area (Å²) in [7, 11) is 0. The fourth-order valence-corrected chi connectivity index (χ4v) is 2.96. The van der Waals surface area contributed by atoms with Gasteiger partial charge < -0.3 is 10.2 Å². The Kier molecular flexibility index (Phi) is 3.71. The van der Waals surface area contributed by atoms with Crippen LogP contribution in [0, 0.1) is 5.92 Å². The SMILES string of the molecule is O=C(NC1CCCC1)N1CC(Cn2ncccc2=O)C1. The summed E-state index contributed by atoms with van der Waals surface area (Å²) < 4.78 is 1.47. The Morgan fingerprint density at radius 2 is 2.10 bits per heavy atom. The second kappa shape index (κ2) is 5.64. The Hall–Kier alpha value is -1.85. The number of carbonyl (C=O) groups excluding carboxylic acids is 1. The summed E-state index contributed by atoms with van der Waals surface area (Å²) in [6.07, 6.45) is 6.26. The third-order valence-corrected chi connectivity index (χ3v) is 4.14. The molecule has 2 heterocycles. The summed E-state index contributed by atoms with van der Waals surface area (Å²) in [6, 6.07) is 3.55. The average molecular weight is 276 g/mol. The van der Waals surface area contributed by atoms with Gasteiger partial charge in [0.05, 0.1) is 6.54 Å². The molecule has 3 rings (SSSR count). The van der Waals surface area contributed by atoms with E-state index in [4.69, 9.17) is 0 Å². The summed E-state index contributed by atoms with van der Waals surface area (Å²) in [5.74, 6) is 0.330. The molecule has 0 spiro atoms. The Bertz CT molecular complexity index is 530. The van der Waals surface area contributed by atoms with Crippen LogP contribution in [0.2, 0.25) is 0 Å². The number of nitrogens with zero attached hydrogens (tertiary/aromatic N) is 3. The first kappa shape index (κ1) is 13.1. The second-order valence-corrected chi connectivity index (χ2v) is 5.75. The average Bonchev–Trinajstić information content (AvgIpc) is 2.88. The molecule has 6 heteroatoms. The number of urea groups is 1. The molecule has 0 bridgehead atoms. The van der Waals surface area contributed by atoms with E-state index in [9.17, 15) is 9.59 Å². The second-order valence-electron chi connectivity index (χ2n) is 5.75. The number of aromatic nitrogens is 2. The fourth-order valence-electron chi connectivity index (χ4n) is 2.96. The minimum Gasteiger partial charge on any atom is -0.335 e. The van der Waals surface area contributed by atoms with Crippen molar-refractivity contribution in [3.05, 3.63) is 28.7 Å². The van der Waals surface area contributed by atoms with Crippen LogP contribution in [-0.4, -0.2) is 39.8 Å². The fraction of sp³-hybridized carbons (Fsp3) is 0.643. The van der Waals surface area contributed by atoms with Gasteiger partial charge in [0, 0.05) is 37.3 Å². The largest absolute Gasteiger partial charge is 0.335 e. The molecule has 20 heavy (non-hydrogen) atoms. The molecular formula is C14H20N4O2. The minimum absolute atomic E-state index is 0.0431. The molecule has 0 radical (unpaired) electrons. The van der Waals surface area contributed by atoms with E-state index >= 15 is 0 Å². The van der Waals surface area contributed by atoms with Crippen LogP contribution < -0.4 is 10.9 Å². The lowest BCUT2D eigenvalue weighted by Crippen LogP contribution is -2.56. The van der Waals surface area contributed by atoms with E-state index in [1.165, 1.54) is 23.6 Å². The quantitative estimate of drug-likeness (QED) is 0.889. The topological polar surface area (TPSA) is 67.2 Å². The maximum atomic E-state index is 12.0. The molecule has 1 saturated heterocycles. The van der Waals surface area contributed by atoms with E-state index in [1.54, 1.807) is 12.3 Å². The van der Waals surface area contributed by atoms with Crippen LogP contribution in [-0.2, 0) is 6.54 Å². The summed E-state index contributed by atoms with van der Waals surface area (Å²) in [5, 5.41) is 7.12. The summed E-state index contributed by atoms with van der Waals surface area (Å²) in [6.45, 7) is 2.01. The van der Waals surface area contributed by atoms with Crippen molar-refractivity contribution < 1.29 is 4.79 Å². The standard InChI is InChI=1S/C14H20N4O2/c19-13-6-3-7-15-18(13)10-11-8-17(9-11)14(20)16-12-4-1-2-5-12/h3,6-7,11-12H,1-2,4-5,8-10H2,(H,16,20). The highest BCUT2D eigenvalue weighted by atomic mass is 16.2. The Morgan fingerprint density at radius 1 is 1.35 bits per heavy atom. The van der Waals surface area contributed by atoms with E-state index in [-0.39, 0.29) is 11.6 Å². The molecule has 1 aliphatic heterocycles. The number of hydrogen-bond donors (Lipinski definition) is 1. The molecule has 2 aliphatic rings. The minimum atomic E-state index is -0.0821. The van der Waals surface area contributed by atoms with Crippen molar-refractivity contribution in [2.45, 2.75) is 38.3 Å². The smallest absolute Gasteiger partial charge is 0.317 e. The third kappa shape index (κ3) is 2.84. The molecule has 1 aromatic rings. The van der Waals surface area contributed by atoms with Gasteiger partial charge in [-0.2, -0.15) is 5.10 Å². The number of likely N-dealkylation sites (tertiary alicyclic amines) is 1. The highest BCUT2D eigenvalue weighted by molar-refractivity contribution is 5.75. The van der Waals surface area contributed by atoms with Crippen LogP contribution in [0.4, 0.5) is 4.79 Å². The van der Waals surface area contributed by atoms with Crippen molar-refractivity contribution >= 4 is 6.03 Å². The highest BCUT2D eigenvalue weighted by Crippen LogP contribution is 2.20. The molecule has 0 atom stereocenters. The van der Waals surface area contributed by atoms with Crippen LogP contribution in [0.3, 0.4) is 0 Å². The van der Waals surface area contributed by atoms with E-state index in [1.807, 2.05) is 4.90 Å². The summed E-state index contributed by atoms with van der Waals surface area (Å²) >= 11 is 0. The lowest BCUT2D eigenvalue weighted by Gasteiger charge is -2.39. The maximum Gasteiger partial charge on any atom is 0.317 e.